The smallest absolute Gasteiger partial charge is 0.231 e. The van der Waals surface area contributed by atoms with Crippen LogP contribution in [0.1, 0.15) is 25.7 Å². The Bertz CT molecular complexity index is 475. The van der Waals surface area contributed by atoms with Crippen LogP contribution in [0.5, 0.6) is 11.5 Å². The second kappa shape index (κ2) is 6.81. The molecule has 0 spiro atoms. The van der Waals surface area contributed by atoms with Crippen molar-refractivity contribution >= 4 is 24.0 Å². The number of carbonyl (C=O) groups excluding carboxylic acids is 1. The van der Waals surface area contributed by atoms with E-state index in [9.17, 15) is 4.79 Å². The first kappa shape index (κ1) is 14.9. The van der Waals surface area contributed by atoms with Crippen LogP contribution in [-0.2, 0) is 4.79 Å². The summed E-state index contributed by atoms with van der Waals surface area (Å²) in [7, 11) is 0. The third-order valence-electron chi connectivity index (χ3n) is 3.54. The van der Waals surface area contributed by atoms with Gasteiger partial charge in [-0.15, -0.1) is 12.4 Å². The fourth-order valence-corrected chi connectivity index (χ4v) is 2.51. The van der Waals surface area contributed by atoms with Crippen LogP contribution in [0.25, 0.3) is 0 Å². The largest absolute Gasteiger partial charge is 0.454 e. The maximum Gasteiger partial charge on any atom is 0.231 e. The van der Waals surface area contributed by atoms with Crippen LogP contribution in [0.4, 0.5) is 5.69 Å². The Morgan fingerprint density at radius 3 is 3.00 bits per heavy atom. The van der Waals surface area contributed by atoms with Gasteiger partial charge in [-0.25, -0.2) is 0 Å². The average molecular weight is 299 g/mol. The lowest BCUT2D eigenvalue weighted by Crippen LogP contribution is -2.23. The van der Waals surface area contributed by atoms with E-state index in [2.05, 4.69) is 10.6 Å². The highest BCUT2D eigenvalue weighted by Crippen LogP contribution is 2.34. The Morgan fingerprint density at radius 2 is 2.20 bits per heavy atom. The highest BCUT2D eigenvalue weighted by molar-refractivity contribution is 5.91. The third kappa shape index (κ3) is 3.55. The zero-order valence-electron chi connectivity index (χ0n) is 11.2. The van der Waals surface area contributed by atoms with E-state index >= 15 is 0 Å². The Kier molecular flexibility index (Phi) is 5.09. The molecule has 1 aromatic rings. The molecule has 3 rings (SSSR count). The number of carbonyl (C=O) groups is 1. The summed E-state index contributed by atoms with van der Waals surface area (Å²) < 4.78 is 10.5. The van der Waals surface area contributed by atoms with Gasteiger partial charge in [0.15, 0.2) is 11.5 Å². The molecule has 1 unspecified atom stereocenters. The van der Waals surface area contributed by atoms with Gasteiger partial charge in [-0.1, -0.05) is 0 Å². The highest BCUT2D eigenvalue weighted by Gasteiger charge is 2.16. The van der Waals surface area contributed by atoms with Crippen LogP contribution in [0.3, 0.4) is 0 Å². The molecule has 1 aromatic carbocycles. The Labute approximate surface area is 124 Å². The molecule has 0 bridgehead atoms. The van der Waals surface area contributed by atoms with Gasteiger partial charge in [0.05, 0.1) is 0 Å². The van der Waals surface area contributed by atoms with Crippen LogP contribution in [-0.4, -0.2) is 25.3 Å². The molecule has 0 aromatic heterocycles. The summed E-state index contributed by atoms with van der Waals surface area (Å²) in [6, 6.07) is 5.95. The number of halogens is 1. The Balaban J connectivity index is 0.00000147. The van der Waals surface area contributed by atoms with E-state index in [4.69, 9.17) is 9.47 Å². The summed E-state index contributed by atoms with van der Waals surface area (Å²) >= 11 is 0. The van der Waals surface area contributed by atoms with E-state index in [1.165, 1.54) is 12.8 Å². The van der Waals surface area contributed by atoms with E-state index in [-0.39, 0.29) is 25.1 Å². The van der Waals surface area contributed by atoms with Crippen molar-refractivity contribution < 1.29 is 14.3 Å². The molecule has 1 atom stereocenters. The first-order chi connectivity index (χ1) is 9.31. The lowest BCUT2D eigenvalue weighted by molar-refractivity contribution is -0.116. The SMILES string of the molecule is Cl.O=C(CCC1CCCN1)Nc1ccc2c(c1)OCO2. The van der Waals surface area contributed by atoms with Gasteiger partial charge in [-0.3, -0.25) is 4.79 Å². The van der Waals surface area contributed by atoms with Gasteiger partial charge in [0.2, 0.25) is 12.7 Å². The van der Waals surface area contributed by atoms with E-state index < -0.39 is 0 Å². The number of hydrogen-bond donors (Lipinski definition) is 2. The topological polar surface area (TPSA) is 59.6 Å². The monoisotopic (exact) mass is 298 g/mol. The minimum atomic E-state index is 0. The number of fused-ring (bicyclic) bond motifs is 1. The molecule has 1 saturated heterocycles. The molecule has 5 nitrogen and oxygen atoms in total. The summed E-state index contributed by atoms with van der Waals surface area (Å²) in [6.45, 7) is 1.33. The first-order valence-electron chi connectivity index (χ1n) is 6.74. The van der Waals surface area contributed by atoms with Gasteiger partial charge in [0, 0.05) is 24.2 Å². The quantitative estimate of drug-likeness (QED) is 0.895. The number of nitrogens with one attached hydrogen (secondary N) is 2. The number of amides is 1. The van der Waals surface area contributed by atoms with Gasteiger partial charge < -0.3 is 20.1 Å². The summed E-state index contributed by atoms with van der Waals surface area (Å²) in [6.07, 6.45) is 3.84. The van der Waals surface area contributed by atoms with Crippen molar-refractivity contribution in [1.82, 2.24) is 5.32 Å². The molecule has 1 fully saturated rings. The lowest BCUT2D eigenvalue weighted by Gasteiger charge is -2.10. The predicted molar refractivity (Wildman–Crippen MR) is 78.7 cm³/mol. The second-order valence-electron chi connectivity index (χ2n) is 4.95. The van der Waals surface area contributed by atoms with Gasteiger partial charge in [-0.05, 0) is 37.9 Å². The molecule has 0 saturated carbocycles. The molecular formula is C14H19ClN2O3. The number of benzene rings is 1. The molecule has 2 heterocycles. The molecule has 2 aliphatic rings. The van der Waals surface area contributed by atoms with Crippen molar-refractivity contribution in [1.29, 1.82) is 0 Å². The summed E-state index contributed by atoms with van der Waals surface area (Å²) in [5.74, 6) is 1.47. The predicted octanol–water partition coefficient (Wildman–Crippen LogP) is 2.31. The minimum Gasteiger partial charge on any atom is -0.454 e. The van der Waals surface area contributed by atoms with Crippen LogP contribution in [0.2, 0.25) is 0 Å². The molecule has 1 amide bonds. The fourth-order valence-electron chi connectivity index (χ4n) is 2.51. The highest BCUT2D eigenvalue weighted by atomic mass is 35.5. The Morgan fingerprint density at radius 1 is 1.35 bits per heavy atom. The molecule has 6 heteroatoms. The average Bonchev–Trinajstić information content (AvgIpc) is 3.07. The Hall–Kier alpha value is -1.46. The molecule has 2 N–H and O–H groups in total. The van der Waals surface area contributed by atoms with Crippen molar-refractivity contribution in [3.8, 4) is 11.5 Å². The van der Waals surface area contributed by atoms with Crippen LogP contribution in [0, 0.1) is 0 Å². The molecule has 20 heavy (non-hydrogen) atoms. The minimum absolute atomic E-state index is 0. The third-order valence-corrected chi connectivity index (χ3v) is 3.54. The maximum absolute atomic E-state index is 11.9. The first-order valence-corrected chi connectivity index (χ1v) is 6.74. The van der Waals surface area contributed by atoms with Crippen molar-refractivity contribution in [2.75, 3.05) is 18.7 Å². The normalized spacial score (nSPS) is 19.5. The maximum atomic E-state index is 11.9. The summed E-state index contributed by atoms with van der Waals surface area (Å²) in [5.41, 5.74) is 0.758. The van der Waals surface area contributed by atoms with E-state index in [0.717, 1.165) is 24.4 Å². The zero-order chi connectivity index (χ0) is 13.1. The van der Waals surface area contributed by atoms with Crippen molar-refractivity contribution in [2.24, 2.45) is 0 Å². The van der Waals surface area contributed by atoms with Crippen molar-refractivity contribution in [3.05, 3.63) is 18.2 Å². The van der Waals surface area contributed by atoms with E-state index in [1.807, 2.05) is 12.1 Å². The van der Waals surface area contributed by atoms with Gasteiger partial charge >= 0.3 is 0 Å². The molecule has 110 valence electrons. The molecule has 0 aliphatic carbocycles. The molecule has 2 aliphatic heterocycles. The number of ether oxygens (including phenoxy) is 2. The van der Waals surface area contributed by atoms with Crippen LogP contribution in [0.15, 0.2) is 18.2 Å². The fraction of sp³-hybridized carbons (Fsp3) is 0.500. The van der Waals surface area contributed by atoms with Crippen LogP contribution < -0.4 is 20.1 Å². The summed E-state index contributed by atoms with van der Waals surface area (Å²) in [5, 5.41) is 6.29. The molecular weight excluding hydrogens is 280 g/mol. The summed E-state index contributed by atoms with van der Waals surface area (Å²) in [4.78, 5) is 11.9. The number of hydrogen-bond acceptors (Lipinski definition) is 4. The van der Waals surface area contributed by atoms with E-state index in [1.54, 1.807) is 6.07 Å². The number of anilines is 1. The van der Waals surface area contributed by atoms with Crippen molar-refractivity contribution in [3.63, 3.8) is 0 Å². The van der Waals surface area contributed by atoms with E-state index in [0.29, 0.717) is 18.2 Å². The zero-order valence-corrected chi connectivity index (χ0v) is 12.0. The van der Waals surface area contributed by atoms with Gasteiger partial charge in [-0.2, -0.15) is 0 Å². The standard InChI is InChI=1S/C14H18N2O3.ClH/c17-14(6-4-10-2-1-7-15-10)16-11-3-5-12-13(8-11)19-9-18-12;/h3,5,8,10,15H,1-2,4,6-7,9H2,(H,16,17);1H. The number of rotatable bonds is 4. The van der Waals surface area contributed by atoms with Crippen LogP contribution >= 0.6 is 12.4 Å². The van der Waals surface area contributed by atoms with Crippen molar-refractivity contribution in [2.45, 2.75) is 31.7 Å². The molecule has 0 radical (unpaired) electrons. The lowest BCUT2D eigenvalue weighted by atomic mass is 10.1. The van der Waals surface area contributed by atoms with Gasteiger partial charge in [0.25, 0.3) is 0 Å². The van der Waals surface area contributed by atoms with Gasteiger partial charge in [0.1, 0.15) is 0 Å². The second-order valence-corrected chi connectivity index (χ2v) is 4.95.